The molecule has 0 atom stereocenters. The van der Waals surface area contributed by atoms with Crippen LogP contribution in [-0.2, 0) is 26.7 Å². The van der Waals surface area contributed by atoms with Crippen molar-refractivity contribution in [2.24, 2.45) is 7.05 Å². The number of benzene rings is 3. The van der Waals surface area contributed by atoms with E-state index in [0.29, 0.717) is 18.5 Å². The first kappa shape index (κ1) is 27.3. The number of aromatic nitrogens is 2. The van der Waals surface area contributed by atoms with Crippen molar-refractivity contribution in [3.63, 3.8) is 0 Å². The summed E-state index contributed by atoms with van der Waals surface area (Å²) in [5.74, 6) is 0. The third-order valence-electron chi connectivity index (χ3n) is 6.49. The highest BCUT2D eigenvalue weighted by atomic mass is 32.1. The van der Waals surface area contributed by atoms with E-state index in [1.54, 1.807) is 11.6 Å². The van der Waals surface area contributed by atoms with Crippen LogP contribution in [-0.4, -0.2) is 21.1 Å². The molecule has 2 aromatic heterocycles. The Morgan fingerprint density at radius 2 is 1.37 bits per heavy atom. The van der Waals surface area contributed by atoms with Crippen molar-refractivity contribution in [3.8, 4) is 10.4 Å². The number of fused-ring (bicyclic) bond motifs is 1. The Bertz CT molecular complexity index is 1620. The monoisotopic (exact) mass is 525 g/mol. The van der Waals surface area contributed by atoms with Gasteiger partial charge in [-0.15, -0.1) is 11.3 Å². The summed E-state index contributed by atoms with van der Waals surface area (Å²) in [4.78, 5) is 30.8. The summed E-state index contributed by atoms with van der Waals surface area (Å²) >= 11 is 1.54. The van der Waals surface area contributed by atoms with Crippen LogP contribution in [0.25, 0.3) is 20.7 Å². The van der Waals surface area contributed by atoms with Gasteiger partial charge >= 0.3 is 5.69 Å². The Kier molecular flexibility index (Phi) is 8.77. The Hall–Kier alpha value is -3.74. The lowest BCUT2D eigenvalue weighted by Gasteiger charge is -2.18. The predicted octanol–water partition coefficient (Wildman–Crippen LogP) is 6.44. The molecule has 0 bridgehead atoms. The molecular formula is C32H35N3O2S. The first-order valence-corrected chi connectivity index (χ1v) is 13.8. The summed E-state index contributed by atoms with van der Waals surface area (Å²) in [5.41, 5.74) is 4.91. The molecule has 0 aliphatic heterocycles. The summed E-state index contributed by atoms with van der Waals surface area (Å²) in [6, 6.07) is 28.6. The number of hydrogen-bond donors (Lipinski definition) is 0. The summed E-state index contributed by atoms with van der Waals surface area (Å²) in [5, 5.41) is 0.633. The molecule has 0 aliphatic carbocycles. The van der Waals surface area contributed by atoms with Gasteiger partial charge in [0.15, 0.2) is 0 Å². The molecule has 0 radical (unpaired) electrons. The highest BCUT2D eigenvalue weighted by Gasteiger charge is 2.23. The van der Waals surface area contributed by atoms with Crippen molar-refractivity contribution in [2.75, 3.05) is 7.05 Å². The maximum absolute atomic E-state index is 13.6. The van der Waals surface area contributed by atoms with Crippen LogP contribution in [0.5, 0.6) is 0 Å². The van der Waals surface area contributed by atoms with Crippen LogP contribution in [0.2, 0.25) is 0 Å². The second-order valence-electron chi connectivity index (χ2n) is 9.33. The average Bonchev–Trinajstić information content (AvgIpc) is 3.31. The van der Waals surface area contributed by atoms with E-state index in [9.17, 15) is 9.59 Å². The van der Waals surface area contributed by atoms with Crippen LogP contribution < -0.4 is 11.2 Å². The minimum absolute atomic E-state index is 0.239. The van der Waals surface area contributed by atoms with E-state index in [1.165, 1.54) is 27.0 Å². The maximum Gasteiger partial charge on any atom is 0.332 e. The van der Waals surface area contributed by atoms with Crippen molar-refractivity contribution in [1.29, 1.82) is 0 Å². The smallest absolute Gasteiger partial charge is 0.298 e. The average molecular weight is 526 g/mol. The molecule has 0 saturated carbocycles. The first-order chi connectivity index (χ1) is 18.4. The Morgan fingerprint density at radius 3 is 1.97 bits per heavy atom. The topological polar surface area (TPSA) is 47.2 Å². The number of aryl methyl sites for hydroxylation is 1. The second kappa shape index (κ2) is 12.2. The lowest BCUT2D eigenvalue weighted by Crippen LogP contribution is -2.38. The molecule has 0 unspecified atom stereocenters. The van der Waals surface area contributed by atoms with Gasteiger partial charge in [0.05, 0.1) is 11.9 Å². The van der Waals surface area contributed by atoms with Gasteiger partial charge in [-0.25, -0.2) is 4.79 Å². The molecule has 5 rings (SSSR count). The van der Waals surface area contributed by atoms with Gasteiger partial charge in [0.1, 0.15) is 4.83 Å². The van der Waals surface area contributed by atoms with Crippen LogP contribution in [0.1, 0.15) is 36.1 Å². The molecule has 0 aliphatic rings. The molecule has 0 amide bonds. The predicted molar refractivity (Wildman–Crippen MR) is 160 cm³/mol. The van der Waals surface area contributed by atoms with Gasteiger partial charge in [0.2, 0.25) is 0 Å². The Balaban J connectivity index is 0.00000164. The fourth-order valence-corrected chi connectivity index (χ4v) is 5.90. The quantitative estimate of drug-likeness (QED) is 0.246. The molecule has 196 valence electrons. The highest BCUT2D eigenvalue weighted by Crippen LogP contribution is 2.38. The molecule has 3 aromatic carbocycles. The van der Waals surface area contributed by atoms with Crippen LogP contribution in [0.3, 0.4) is 0 Å². The normalized spacial score (nSPS) is 11.0. The second-order valence-corrected chi connectivity index (χ2v) is 10.3. The third kappa shape index (κ3) is 5.72. The van der Waals surface area contributed by atoms with E-state index in [0.717, 1.165) is 32.9 Å². The van der Waals surface area contributed by atoms with Crippen molar-refractivity contribution in [2.45, 2.75) is 40.4 Å². The van der Waals surface area contributed by atoms with Crippen LogP contribution in [0.15, 0.2) is 94.5 Å². The van der Waals surface area contributed by atoms with E-state index in [-0.39, 0.29) is 11.2 Å². The van der Waals surface area contributed by atoms with Gasteiger partial charge in [-0.05, 0) is 36.2 Å². The fourth-order valence-electron chi connectivity index (χ4n) is 4.60. The Morgan fingerprint density at radius 1 is 0.789 bits per heavy atom. The molecule has 6 heteroatoms. The van der Waals surface area contributed by atoms with Crippen molar-refractivity contribution in [1.82, 2.24) is 14.0 Å². The van der Waals surface area contributed by atoms with E-state index < -0.39 is 0 Å². The van der Waals surface area contributed by atoms with E-state index in [2.05, 4.69) is 55.3 Å². The summed E-state index contributed by atoms with van der Waals surface area (Å²) < 4.78 is 2.99. The SMILES string of the molecule is CC.Cc1ccc(-c2sc3c(c2CN(C)Cc2ccccc2)c(=O)n(C)c(=O)n3Cc2ccccc2)cc1. The summed E-state index contributed by atoms with van der Waals surface area (Å²) in [6.07, 6.45) is 0. The molecular weight excluding hydrogens is 490 g/mol. The molecule has 5 aromatic rings. The maximum atomic E-state index is 13.6. The first-order valence-electron chi connectivity index (χ1n) is 13.0. The zero-order valence-corrected chi connectivity index (χ0v) is 23.6. The summed E-state index contributed by atoms with van der Waals surface area (Å²) in [6.45, 7) is 7.83. The fraction of sp³-hybridized carbons (Fsp3) is 0.250. The van der Waals surface area contributed by atoms with Crippen LogP contribution in [0, 0.1) is 6.92 Å². The zero-order chi connectivity index (χ0) is 27.2. The van der Waals surface area contributed by atoms with Crippen molar-refractivity contribution < 1.29 is 0 Å². The number of hydrogen-bond acceptors (Lipinski definition) is 4. The third-order valence-corrected chi connectivity index (χ3v) is 7.79. The van der Waals surface area contributed by atoms with Crippen LogP contribution >= 0.6 is 11.3 Å². The highest BCUT2D eigenvalue weighted by molar-refractivity contribution is 7.22. The van der Waals surface area contributed by atoms with Gasteiger partial charge in [-0.1, -0.05) is 104 Å². The molecule has 0 N–H and O–H groups in total. The van der Waals surface area contributed by atoms with Crippen molar-refractivity contribution in [3.05, 3.63) is 128 Å². The number of thiophene rings is 1. The van der Waals surface area contributed by atoms with Gasteiger partial charge in [0.25, 0.3) is 5.56 Å². The van der Waals surface area contributed by atoms with Gasteiger partial charge in [-0.2, -0.15) is 0 Å². The molecule has 0 fully saturated rings. The lowest BCUT2D eigenvalue weighted by molar-refractivity contribution is 0.321. The molecule has 38 heavy (non-hydrogen) atoms. The minimum atomic E-state index is -0.294. The van der Waals surface area contributed by atoms with E-state index in [4.69, 9.17) is 0 Å². The molecule has 0 saturated heterocycles. The van der Waals surface area contributed by atoms with Gasteiger partial charge < -0.3 is 0 Å². The summed E-state index contributed by atoms with van der Waals surface area (Å²) in [7, 11) is 3.65. The zero-order valence-electron chi connectivity index (χ0n) is 22.8. The van der Waals surface area contributed by atoms with Crippen molar-refractivity contribution >= 4 is 21.6 Å². The molecule has 0 spiro atoms. The number of rotatable bonds is 7. The Labute approximate surface area is 228 Å². The standard InChI is InChI=1S/C30H29N3O2S.C2H6/c1-21-14-16-24(17-15-21)27-25(20-31(2)18-22-10-6-4-7-11-22)26-28(34)32(3)30(35)33(29(26)36-27)19-23-12-8-5-9-13-23;1-2/h4-17H,18-20H2,1-3H3;1-2H3. The lowest BCUT2D eigenvalue weighted by atomic mass is 10.1. The van der Waals surface area contributed by atoms with E-state index >= 15 is 0 Å². The minimum Gasteiger partial charge on any atom is -0.298 e. The van der Waals surface area contributed by atoms with Crippen LogP contribution in [0.4, 0.5) is 0 Å². The molecule has 2 heterocycles. The number of nitrogens with zero attached hydrogens (tertiary/aromatic N) is 3. The van der Waals surface area contributed by atoms with Gasteiger partial charge in [0, 0.05) is 25.0 Å². The largest absolute Gasteiger partial charge is 0.332 e. The van der Waals surface area contributed by atoms with E-state index in [1.807, 2.05) is 62.4 Å². The molecule has 5 nitrogen and oxygen atoms in total. The van der Waals surface area contributed by atoms with Gasteiger partial charge in [-0.3, -0.25) is 18.8 Å².